The van der Waals surface area contributed by atoms with Gasteiger partial charge in [-0.1, -0.05) is 39.0 Å². The van der Waals surface area contributed by atoms with E-state index in [1.165, 1.54) is 64.2 Å². The van der Waals surface area contributed by atoms with Crippen molar-refractivity contribution in [3.63, 3.8) is 0 Å². The third-order valence-electron chi connectivity index (χ3n) is 7.81. The average molecular weight is 335 g/mol. The molecular weight excluding hydrogens is 292 g/mol. The summed E-state index contributed by atoms with van der Waals surface area (Å²) in [5, 5.41) is 0. The van der Waals surface area contributed by atoms with Gasteiger partial charge in [-0.2, -0.15) is 0 Å². The standard InChI is InChI=1S/C23H42O/c1-3-6-18-9-11-19(12-10-18)20-13-15-21(16-14-20)22-7-5-8-23(17-22)24-4-2/h18-23H,3-17H2,1-2H3. The fourth-order valence-electron chi connectivity index (χ4n) is 6.44. The van der Waals surface area contributed by atoms with Gasteiger partial charge in [-0.05, 0) is 94.3 Å². The van der Waals surface area contributed by atoms with Gasteiger partial charge in [-0.15, -0.1) is 0 Å². The molecule has 1 nitrogen and oxygen atoms in total. The Bertz CT molecular complexity index is 334. The van der Waals surface area contributed by atoms with Gasteiger partial charge in [0.2, 0.25) is 0 Å². The minimum Gasteiger partial charge on any atom is -0.378 e. The molecule has 0 saturated heterocycles. The Morgan fingerprint density at radius 3 is 1.83 bits per heavy atom. The molecule has 2 atom stereocenters. The van der Waals surface area contributed by atoms with Crippen molar-refractivity contribution in [3.05, 3.63) is 0 Å². The molecule has 0 spiro atoms. The summed E-state index contributed by atoms with van der Waals surface area (Å²) in [6, 6.07) is 0. The summed E-state index contributed by atoms with van der Waals surface area (Å²) in [6.07, 6.45) is 21.4. The van der Waals surface area contributed by atoms with Crippen molar-refractivity contribution >= 4 is 0 Å². The Morgan fingerprint density at radius 2 is 1.25 bits per heavy atom. The second-order valence-corrected chi connectivity index (χ2v) is 9.25. The molecule has 3 aliphatic carbocycles. The molecule has 24 heavy (non-hydrogen) atoms. The summed E-state index contributed by atoms with van der Waals surface area (Å²) in [4.78, 5) is 0. The lowest BCUT2D eigenvalue weighted by atomic mass is 9.65. The summed E-state index contributed by atoms with van der Waals surface area (Å²) in [6.45, 7) is 5.42. The highest BCUT2D eigenvalue weighted by molar-refractivity contribution is 4.86. The highest BCUT2D eigenvalue weighted by atomic mass is 16.5. The van der Waals surface area contributed by atoms with Crippen molar-refractivity contribution in [2.24, 2.45) is 29.6 Å². The van der Waals surface area contributed by atoms with Crippen LogP contribution in [0.1, 0.15) is 104 Å². The van der Waals surface area contributed by atoms with Crippen LogP contribution in [0, 0.1) is 29.6 Å². The SMILES string of the molecule is CCCC1CCC(C2CCC(C3CCCC(OCC)C3)CC2)CC1. The van der Waals surface area contributed by atoms with Crippen molar-refractivity contribution in [1.82, 2.24) is 0 Å². The fourth-order valence-corrected chi connectivity index (χ4v) is 6.44. The number of hydrogen-bond donors (Lipinski definition) is 0. The van der Waals surface area contributed by atoms with E-state index >= 15 is 0 Å². The number of hydrogen-bond acceptors (Lipinski definition) is 1. The first-order valence-electron chi connectivity index (χ1n) is 11.4. The van der Waals surface area contributed by atoms with Crippen LogP contribution >= 0.6 is 0 Å². The van der Waals surface area contributed by atoms with Crippen LogP contribution in [0.4, 0.5) is 0 Å². The second kappa shape index (κ2) is 9.60. The van der Waals surface area contributed by atoms with Gasteiger partial charge in [-0.25, -0.2) is 0 Å². The van der Waals surface area contributed by atoms with E-state index in [1.807, 2.05) is 0 Å². The molecule has 0 aromatic rings. The van der Waals surface area contributed by atoms with Gasteiger partial charge >= 0.3 is 0 Å². The molecule has 3 fully saturated rings. The van der Waals surface area contributed by atoms with Crippen molar-refractivity contribution in [2.75, 3.05) is 6.61 Å². The molecule has 0 heterocycles. The van der Waals surface area contributed by atoms with Crippen LogP contribution in [0.2, 0.25) is 0 Å². The average Bonchev–Trinajstić information content (AvgIpc) is 2.63. The lowest BCUT2D eigenvalue weighted by Gasteiger charge is -2.41. The topological polar surface area (TPSA) is 9.23 Å². The van der Waals surface area contributed by atoms with E-state index in [0.717, 1.165) is 36.2 Å². The normalized spacial score (nSPS) is 41.2. The third kappa shape index (κ3) is 4.99. The summed E-state index contributed by atoms with van der Waals surface area (Å²) < 4.78 is 5.95. The van der Waals surface area contributed by atoms with E-state index in [4.69, 9.17) is 4.74 Å². The lowest BCUT2D eigenvalue weighted by molar-refractivity contribution is 0.00186. The van der Waals surface area contributed by atoms with Crippen molar-refractivity contribution in [2.45, 2.75) is 110 Å². The summed E-state index contributed by atoms with van der Waals surface area (Å²) in [7, 11) is 0. The van der Waals surface area contributed by atoms with Crippen LogP contribution in [0.3, 0.4) is 0 Å². The maximum atomic E-state index is 5.95. The molecule has 140 valence electrons. The molecule has 1 heteroatoms. The molecule has 3 saturated carbocycles. The van der Waals surface area contributed by atoms with E-state index in [0.29, 0.717) is 6.10 Å². The lowest BCUT2D eigenvalue weighted by Crippen LogP contribution is -2.32. The maximum absolute atomic E-state index is 5.95. The van der Waals surface area contributed by atoms with Crippen molar-refractivity contribution < 1.29 is 4.74 Å². The monoisotopic (exact) mass is 334 g/mol. The zero-order valence-electron chi connectivity index (χ0n) is 16.5. The van der Waals surface area contributed by atoms with E-state index in [1.54, 1.807) is 25.7 Å². The maximum Gasteiger partial charge on any atom is 0.0577 e. The fraction of sp³-hybridized carbons (Fsp3) is 1.00. The van der Waals surface area contributed by atoms with Gasteiger partial charge in [0.1, 0.15) is 0 Å². The summed E-state index contributed by atoms with van der Waals surface area (Å²) in [5.74, 6) is 5.24. The second-order valence-electron chi connectivity index (χ2n) is 9.25. The summed E-state index contributed by atoms with van der Waals surface area (Å²) in [5.41, 5.74) is 0. The quantitative estimate of drug-likeness (QED) is 0.508. The van der Waals surface area contributed by atoms with Gasteiger partial charge in [0.05, 0.1) is 6.10 Å². The third-order valence-corrected chi connectivity index (χ3v) is 7.81. The molecule has 2 unspecified atom stereocenters. The Morgan fingerprint density at radius 1 is 0.667 bits per heavy atom. The predicted molar refractivity (Wildman–Crippen MR) is 103 cm³/mol. The van der Waals surface area contributed by atoms with Crippen molar-refractivity contribution in [3.8, 4) is 0 Å². The first-order chi connectivity index (χ1) is 11.8. The highest BCUT2D eigenvalue weighted by Crippen LogP contribution is 2.45. The number of rotatable bonds is 6. The Labute approximate surface area is 151 Å². The van der Waals surface area contributed by atoms with Gasteiger partial charge < -0.3 is 4.74 Å². The Balaban J connectivity index is 1.39. The van der Waals surface area contributed by atoms with Crippen LogP contribution in [-0.2, 0) is 4.74 Å². The molecule has 0 N–H and O–H groups in total. The van der Waals surface area contributed by atoms with Gasteiger partial charge in [0.25, 0.3) is 0 Å². The van der Waals surface area contributed by atoms with Crippen LogP contribution in [0.25, 0.3) is 0 Å². The van der Waals surface area contributed by atoms with E-state index in [2.05, 4.69) is 13.8 Å². The highest BCUT2D eigenvalue weighted by Gasteiger charge is 2.35. The van der Waals surface area contributed by atoms with Gasteiger partial charge in [-0.3, -0.25) is 0 Å². The first-order valence-corrected chi connectivity index (χ1v) is 11.4. The minimum absolute atomic E-state index is 0.584. The predicted octanol–water partition coefficient (Wildman–Crippen LogP) is 6.99. The van der Waals surface area contributed by atoms with Crippen molar-refractivity contribution in [1.29, 1.82) is 0 Å². The van der Waals surface area contributed by atoms with Crippen LogP contribution < -0.4 is 0 Å². The summed E-state index contributed by atoms with van der Waals surface area (Å²) >= 11 is 0. The molecule has 3 aliphatic rings. The Kier molecular flexibility index (Phi) is 7.50. The smallest absolute Gasteiger partial charge is 0.0577 e. The minimum atomic E-state index is 0.584. The molecule has 0 radical (unpaired) electrons. The zero-order valence-corrected chi connectivity index (χ0v) is 16.5. The van der Waals surface area contributed by atoms with E-state index in [9.17, 15) is 0 Å². The molecular formula is C23H42O. The molecule has 0 aliphatic heterocycles. The zero-order chi connectivity index (χ0) is 16.8. The van der Waals surface area contributed by atoms with E-state index in [-0.39, 0.29) is 0 Å². The Hall–Kier alpha value is -0.0400. The van der Waals surface area contributed by atoms with Gasteiger partial charge in [0, 0.05) is 6.61 Å². The number of ether oxygens (including phenoxy) is 1. The van der Waals surface area contributed by atoms with Crippen LogP contribution in [-0.4, -0.2) is 12.7 Å². The molecule has 0 amide bonds. The molecule has 0 bridgehead atoms. The molecule has 3 rings (SSSR count). The molecule has 0 aromatic heterocycles. The largest absolute Gasteiger partial charge is 0.378 e. The van der Waals surface area contributed by atoms with Crippen LogP contribution in [0.5, 0.6) is 0 Å². The van der Waals surface area contributed by atoms with Gasteiger partial charge in [0.15, 0.2) is 0 Å². The first kappa shape index (κ1) is 18.7. The van der Waals surface area contributed by atoms with Crippen LogP contribution in [0.15, 0.2) is 0 Å². The molecule has 0 aromatic carbocycles. The van der Waals surface area contributed by atoms with E-state index < -0.39 is 0 Å².